The maximum Gasteiger partial charge on any atom is 0.472 e. The first-order valence-electron chi connectivity index (χ1n) is 24.5. The van der Waals surface area contributed by atoms with E-state index >= 15 is 8.78 Å². The summed E-state index contributed by atoms with van der Waals surface area (Å²) in [5.74, 6) is -8.06. The van der Waals surface area contributed by atoms with E-state index in [0.717, 1.165) is 42.7 Å². The van der Waals surface area contributed by atoms with E-state index < -0.39 is 219 Å². The molecule has 7 rings (SSSR count). The summed E-state index contributed by atoms with van der Waals surface area (Å²) in [6, 6.07) is 2.51. The molecule has 2 aromatic carbocycles. The zero-order chi connectivity index (χ0) is 63.3. The minimum Gasteiger partial charge on any atom is -0.481 e. The Morgan fingerprint density at radius 1 is 0.953 bits per heavy atom. The molecule has 1 saturated carbocycles. The van der Waals surface area contributed by atoms with Crippen LogP contribution in [0.4, 0.5) is 59.3 Å². The number of urea groups is 1. The first kappa shape index (κ1) is 65.5. The van der Waals surface area contributed by atoms with E-state index in [2.05, 4.69) is 46.9 Å². The van der Waals surface area contributed by atoms with Crippen molar-refractivity contribution >= 4 is 80.0 Å². The Morgan fingerprint density at radius 3 is 2.19 bits per heavy atom. The lowest BCUT2D eigenvalue weighted by molar-refractivity contribution is -0.143. The van der Waals surface area contributed by atoms with Gasteiger partial charge >= 0.3 is 38.3 Å². The Labute approximate surface area is 479 Å². The fourth-order valence-electron chi connectivity index (χ4n) is 9.13. The molecule has 0 bridgehead atoms. The Morgan fingerprint density at radius 2 is 1.60 bits per heavy atom. The predicted molar refractivity (Wildman–Crippen MR) is 276 cm³/mol. The molecule has 37 heteroatoms. The number of sulfone groups is 1. The van der Waals surface area contributed by atoms with Crippen molar-refractivity contribution in [2.24, 2.45) is 5.92 Å². The van der Waals surface area contributed by atoms with Crippen LogP contribution in [-0.2, 0) is 74.9 Å². The number of hydrogen-bond donors (Lipinski definition) is 5. The second-order valence-corrected chi connectivity index (χ2v) is 25.9. The van der Waals surface area contributed by atoms with Gasteiger partial charge in [-0.2, -0.15) is 49.6 Å². The number of phosphoric ester groups is 1. The van der Waals surface area contributed by atoms with E-state index in [0.29, 0.717) is 17.2 Å². The highest BCUT2D eigenvalue weighted by molar-refractivity contribution is 7.93. The number of nitrogens with zero attached hydrogens (tertiary/aromatic N) is 7. The van der Waals surface area contributed by atoms with Crippen molar-refractivity contribution in [3.05, 3.63) is 93.0 Å². The smallest absolute Gasteiger partial charge is 0.472 e. The summed E-state index contributed by atoms with van der Waals surface area (Å²) in [7, 11) is -14.2. The van der Waals surface area contributed by atoms with Gasteiger partial charge in [-0.05, 0) is 80.8 Å². The molecule has 0 unspecified atom stereocenters. The van der Waals surface area contributed by atoms with Crippen LogP contribution in [0.1, 0.15) is 79.0 Å². The van der Waals surface area contributed by atoms with E-state index in [-0.39, 0.29) is 31.3 Å². The molecule has 2 aliphatic carbocycles. The summed E-state index contributed by atoms with van der Waals surface area (Å²) in [6.07, 6.45) is -12.9. The zero-order valence-electron chi connectivity index (χ0n) is 44.2. The van der Waals surface area contributed by atoms with Gasteiger partial charge in [0.25, 0.3) is 5.92 Å². The second kappa shape index (κ2) is 24.0. The number of amides is 4. The largest absolute Gasteiger partial charge is 0.481 e. The van der Waals surface area contributed by atoms with Crippen molar-refractivity contribution in [1.82, 2.24) is 40.1 Å². The van der Waals surface area contributed by atoms with Gasteiger partial charge in [-0.1, -0.05) is 23.6 Å². The Hall–Kier alpha value is -7.09. The van der Waals surface area contributed by atoms with Crippen LogP contribution in [0.15, 0.2) is 42.5 Å². The molecule has 85 heavy (non-hydrogen) atoms. The summed E-state index contributed by atoms with van der Waals surface area (Å²) in [6.45, 7) is -4.49. The van der Waals surface area contributed by atoms with Crippen molar-refractivity contribution in [2.75, 3.05) is 43.2 Å². The Balaban J connectivity index is 1.43. The second-order valence-electron chi connectivity index (χ2n) is 19.9. The molecule has 3 aromatic heterocycles. The monoisotopic (exact) mass is 1290 g/mol. The van der Waals surface area contributed by atoms with Gasteiger partial charge in [0.1, 0.15) is 40.9 Å². The number of benzene rings is 2. The first-order valence-corrected chi connectivity index (χ1v) is 30.1. The van der Waals surface area contributed by atoms with Crippen LogP contribution in [0.25, 0.3) is 22.0 Å². The number of alkyl halides is 8. The summed E-state index contributed by atoms with van der Waals surface area (Å²) in [5, 5.41) is 19.7. The number of nitrogens with one attached hydrogen (secondary N) is 2. The van der Waals surface area contributed by atoms with Crippen molar-refractivity contribution < 1.29 is 109 Å². The number of aliphatic carboxylic acids is 1. The molecule has 462 valence electrons. The third-order valence-electron chi connectivity index (χ3n) is 13.2. The summed E-state index contributed by atoms with van der Waals surface area (Å²) < 4.78 is 220. The molecule has 4 amide bonds. The number of carboxylic acid groups (broad SMARTS) is 1. The number of carbonyl (C=O) groups is 4. The molecule has 0 radical (unpaired) electrons. The van der Waals surface area contributed by atoms with Crippen LogP contribution >= 0.6 is 19.4 Å². The lowest BCUT2D eigenvalue weighted by Gasteiger charge is -2.28. The number of rotatable bonds is 21. The third kappa shape index (κ3) is 15.3. The molecule has 23 nitrogen and oxygen atoms in total. The number of ether oxygens (including phenoxy) is 1. The molecular formula is C48H47ClF10N9O14PS2. The highest BCUT2D eigenvalue weighted by Crippen LogP contribution is 2.68. The van der Waals surface area contributed by atoms with Gasteiger partial charge in [0.2, 0.25) is 22.7 Å². The normalized spacial score (nSPS) is 16.2. The van der Waals surface area contributed by atoms with Gasteiger partial charge in [-0.25, -0.2) is 49.3 Å². The number of sulfonamides is 1. The number of alkyl carbamates (subject to hydrolysis) is 1. The molecule has 3 heterocycles. The van der Waals surface area contributed by atoms with Gasteiger partial charge in [-0.3, -0.25) is 19.0 Å². The molecule has 1 fully saturated rings. The van der Waals surface area contributed by atoms with E-state index in [1.165, 1.54) is 13.8 Å². The summed E-state index contributed by atoms with van der Waals surface area (Å²) >= 11 is 6.71. The number of phosphoric acid groups is 1. The number of carboxylic acids is 1. The van der Waals surface area contributed by atoms with Gasteiger partial charge in [-0.15, -0.1) is 0 Å². The highest BCUT2D eigenvalue weighted by atomic mass is 35.5. The lowest BCUT2D eigenvalue weighted by Crippen LogP contribution is -2.49. The molecule has 5 aromatic rings. The summed E-state index contributed by atoms with van der Waals surface area (Å²) in [4.78, 5) is 75.5. The topological polar surface area (TPSA) is 312 Å². The molecule has 2 aliphatic rings. The average molecular weight is 1290 g/mol. The van der Waals surface area contributed by atoms with Gasteiger partial charge in [0.15, 0.2) is 21.3 Å². The van der Waals surface area contributed by atoms with E-state index in [1.54, 1.807) is 0 Å². The van der Waals surface area contributed by atoms with Gasteiger partial charge in [0, 0.05) is 61.0 Å². The standard InChI is InChI=1S/C48H47ClF10N9O14PS2/c1-45(2,84(3,77)78)12-11-27-7-8-28(38(61-27)33(18-24-16-25(50)19-26(51)17-24)62-34(69)21-66-41-36(40(63-66)48(57,58)59)30-20-31(30)47(41,55)56)29-9-10-32(49)37-39(29)67(22-46(52,53)54)64-42(37)68(85(4,79)80)44(73)65(14-5-6-35(70)71)15-13-60-43(72)81-23-82-83(74,75)76/h7-10,16-17,19,30-31,33H,5-6,13-15,18,20-23H2,1-4H3,(H,60,72)(H,62,69)(H,70,71)(H2,74,75,76)/t30-,31+,33-/m0/s1. The molecule has 0 spiro atoms. The number of anilines is 1. The number of carbonyl (C=O) groups excluding carboxylic acids is 3. The number of halogens is 11. The minimum absolute atomic E-state index is 0.114. The molecular weight excluding hydrogens is 1250 g/mol. The van der Waals surface area contributed by atoms with Gasteiger partial charge in [0.05, 0.1) is 33.9 Å². The van der Waals surface area contributed by atoms with Crippen LogP contribution in [-0.4, -0.2) is 135 Å². The van der Waals surface area contributed by atoms with Crippen LogP contribution in [0.3, 0.4) is 0 Å². The molecule has 3 atom stereocenters. The van der Waals surface area contributed by atoms with Crippen LogP contribution in [0.5, 0.6) is 0 Å². The van der Waals surface area contributed by atoms with E-state index in [9.17, 15) is 80.8 Å². The highest BCUT2D eigenvalue weighted by Gasteiger charge is 2.68. The van der Waals surface area contributed by atoms with E-state index in [4.69, 9.17) is 21.4 Å². The minimum atomic E-state index is -5.28. The number of aromatic nitrogens is 5. The van der Waals surface area contributed by atoms with Crippen LogP contribution in [0.2, 0.25) is 5.02 Å². The number of fused-ring (bicyclic) bond motifs is 4. The first-order chi connectivity index (χ1) is 39.1. The third-order valence-corrected chi connectivity index (χ3v) is 16.9. The van der Waals surface area contributed by atoms with Crippen molar-refractivity contribution in [3.63, 3.8) is 0 Å². The van der Waals surface area contributed by atoms with Crippen molar-refractivity contribution in [2.45, 2.75) is 87.6 Å². The fraction of sp³-hybridized carbons (Fsp3) is 0.438. The lowest BCUT2D eigenvalue weighted by atomic mass is 9.93. The van der Waals surface area contributed by atoms with Crippen LogP contribution in [0, 0.1) is 29.4 Å². The SMILES string of the molecule is CC(C)(C#Cc1ccc(-c2ccc(Cl)c3c(N(C(=O)N(CCCC(=O)O)CCNC(=O)OCOP(=O)(O)O)S(C)(=O)=O)nn(CC(F)(F)F)c23)c([C@H](Cc2cc(F)cc(F)c2)NC(=O)Cn2nc(C(F)(F)F)c3c2C(F)(F)[C@@H]2C[C@H]32)n1)S(C)(=O)=O. The molecule has 0 aliphatic heterocycles. The van der Waals surface area contributed by atoms with Crippen molar-refractivity contribution in [3.8, 4) is 23.0 Å². The Kier molecular flexibility index (Phi) is 18.5. The Bertz CT molecular complexity index is 3830. The summed E-state index contributed by atoms with van der Waals surface area (Å²) in [5.41, 5.74) is -6.70. The van der Waals surface area contributed by atoms with Crippen LogP contribution < -0.4 is 14.9 Å². The maximum atomic E-state index is 15.7. The number of hydrogen-bond acceptors (Lipinski definition) is 14. The average Bonchev–Trinajstić information content (AvgIpc) is 1.53. The zero-order valence-corrected chi connectivity index (χ0v) is 47.5. The molecule has 5 N–H and O–H groups in total. The quantitative estimate of drug-likeness (QED) is 0.0211. The number of pyridine rings is 1. The molecule has 0 saturated heterocycles. The maximum absolute atomic E-state index is 15.7. The predicted octanol–water partition coefficient (Wildman–Crippen LogP) is 7.14. The van der Waals surface area contributed by atoms with Gasteiger partial charge < -0.3 is 35.2 Å². The fourth-order valence-corrected chi connectivity index (χ4v) is 10.6. The van der Waals surface area contributed by atoms with E-state index in [1.807, 2.05) is 0 Å². The van der Waals surface area contributed by atoms with Crippen molar-refractivity contribution in [1.29, 1.82) is 0 Å².